The summed E-state index contributed by atoms with van der Waals surface area (Å²) in [4.78, 5) is 18.5. The van der Waals surface area contributed by atoms with Crippen molar-refractivity contribution in [2.75, 3.05) is 31.1 Å². The molecule has 0 aliphatic carbocycles. The van der Waals surface area contributed by atoms with E-state index in [9.17, 15) is 4.79 Å². The standard InChI is InChI=1S/C20H33N5O/c1-5-22-19(23-14-20(3,4)18(21)26)24-15(2)16-9-8-10-17(13-16)25-11-6-7-12-25/h8-10,13,15H,5-7,11-12,14H2,1-4H3,(H2,21,26)(H2,22,23,24). The maximum Gasteiger partial charge on any atom is 0.224 e. The second kappa shape index (κ2) is 8.92. The fourth-order valence-corrected chi connectivity index (χ4v) is 2.93. The van der Waals surface area contributed by atoms with Crippen LogP contribution in [0.2, 0.25) is 0 Å². The highest BCUT2D eigenvalue weighted by Gasteiger charge is 2.24. The monoisotopic (exact) mass is 359 g/mol. The zero-order chi connectivity index (χ0) is 19.2. The summed E-state index contributed by atoms with van der Waals surface area (Å²) in [6.45, 7) is 11.1. The Morgan fingerprint density at radius 2 is 2.04 bits per heavy atom. The van der Waals surface area contributed by atoms with Crippen LogP contribution in [0.5, 0.6) is 0 Å². The molecule has 1 fully saturated rings. The molecule has 1 unspecified atom stereocenters. The van der Waals surface area contributed by atoms with Gasteiger partial charge in [-0.25, -0.2) is 0 Å². The first-order valence-corrected chi connectivity index (χ1v) is 9.53. The topological polar surface area (TPSA) is 82.7 Å². The maximum atomic E-state index is 11.5. The van der Waals surface area contributed by atoms with Crippen LogP contribution in [0.4, 0.5) is 5.69 Å². The van der Waals surface area contributed by atoms with Crippen molar-refractivity contribution in [1.29, 1.82) is 0 Å². The molecule has 0 radical (unpaired) electrons. The zero-order valence-corrected chi connectivity index (χ0v) is 16.5. The Morgan fingerprint density at radius 3 is 2.65 bits per heavy atom. The van der Waals surface area contributed by atoms with Gasteiger partial charge in [-0.2, -0.15) is 0 Å². The summed E-state index contributed by atoms with van der Waals surface area (Å²) < 4.78 is 0. The molecule has 0 saturated carbocycles. The highest BCUT2D eigenvalue weighted by molar-refractivity contribution is 5.83. The molecule has 1 saturated heterocycles. The third-order valence-corrected chi connectivity index (χ3v) is 4.84. The Morgan fingerprint density at radius 1 is 1.35 bits per heavy atom. The lowest BCUT2D eigenvalue weighted by Gasteiger charge is -2.23. The third-order valence-electron chi connectivity index (χ3n) is 4.84. The molecule has 6 nitrogen and oxygen atoms in total. The van der Waals surface area contributed by atoms with E-state index in [1.165, 1.54) is 24.1 Å². The Hall–Kier alpha value is -2.24. The number of nitrogens with two attached hydrogens (primary N) is 1. The van der Waals surface area contributed by atoms with Gasteiger partial charge in [0, 0.05) is 25.3 Å². The number of carbonyl (C=O) groups is 1. The normalized spacial score (nSPS) is 16.5. The van der Waals surface area contributed by atoms with E-state index in [0.717, 1.165) is 19.6 Å². The highest BCUT2D eigenvalue weighted by atomic mass is 16.1. The molecule has 1 atom stereocenters. The lowest BCUT2D eigenvalue weighted by molar-refractivity contribution is -0.125. The molecule has 0 spiro atoms. The summed E-state index contributed by atoms with van der Waals surface area (Å²) in [5.41, 5.74) is 7.28. The van der Waals surface area contributed by atoms with Crippen LogP contribution in [0.3, 0.4) is 0 Å². The molecule has 2 rings (SSSR count). The average molecular weight is 360 g/mol. The number of anilines is 1. The van der Waals surface area contributed by atoms with Gasteiger partial charge in [-0.15, -0.1) is 0 Å². The minimum absolute atomic E-state index is 0.104. The number of rotatable bonds is 7. The lowest BCUT2D eigenvalue weighted by Crippen LogP contribution is -2.41. The summed E-state index contributed by atoms with van der Waals surface area (Å²) in [5.74, 6) is 0.351. The van der Waals surface area contributed by atoms with E-state index >= 15 is 0 Å². The fraction of sp³-hybridized carbons (Fsp3) is 0.600. The van der Waals surface area contributed by atoms with Gasteiger partial charge in [-0.1, -0.05) is 12.1 Å². The number of hydrogen-bond acceptors (Lipinski definition) is 3. The van der Waals surface area contributed by atoms with Gasteiger partial charge in [-0.3, -0.25) is 9.79 Å². The molecule has 144 valence electrons. The number of nitrogens with one attached hydrogen (secondary N) is 2. The molecule has 1 heterocycles. The predicted octanol–water partition coefficient (Wildman–Crippen LogP) is 2.41. The summed E-state index contributed by atoms with van der Waals surface area (Å²) in [7, 11) is 0. The molecular formula is C20H33N5O. The van der Waals surface area contributed by atoms with Gasteiger partial charge >= 0.3 is 0 Å². The van der Waals surface area contributed by atoms with E-state index in [0.29, 0.717) is 12.5 Å². The van der Waals surface area contributed by atoms with E-state index < -0.39 is 5.41 Å². The van der Waals surface area contributed by atoms with Crippen LogP contribution in [-0.4, -0.2) is 38.0 Å². The lowest BCUT2D eigenvalue weighted by atomic mass is 9.93. The predicted molar refractivity (Wildman–Crippen MR) is 108 cm³/mol. The van der Waals surface area contributed by atoms with Gasteiger partial charge in [0.15, 0.2) is 5.96 Å². The summed E-state index contributed by atoms with van der Waals surface area (Å²) in [5, 5.41) is 6.67. The van der Waals surface area contributed by atoms with Crippen LogP contribution in [0.1, 0.15) is 52.1 Å². The van der Waals surface area contributed by atoms with Crippen molar-refractivity contribution in [2.24, 2.45) is 16.1 Å². The van der Waals surface area contributed by atoms with Crippen molar-refractivity contribution in [3.05, 3.63) is 29.8 Å². The molecule has 1 amide bonds. The quantitative estimate of drug-likeness (QED) is 0.516. The van der Waals surface area contributed by atoms with E-state index in [1.807, 2.05) is 20.8 Å². The molecule has 1 aromatic rings. The highest BCUT2D eigenvalue weighted by Crippen LogP contribution is 2.24. The van der Waals surface area contributed by atoms with Gasteiger partial charge in [0.05, 0.1) is 18.0 Å². The second-order valence-electron chi connectivity index (χ2n) is 7.60. The molecule has 1 aliphatic rings. The van der Waals surface area contributed by atoms with Crippen LogP contribution >= 0.6 is 0 Å². The summed E-state index contributed by atoms with van der Waals surface area (Å²) in [6, 6.07) is 8.78. The Bertz CT molecular complexity index is 635. The number of carbonyl (C=O) groups excluding carboxylic acids is 1. The second-order valence-corrected chi connectivity index (χ2v) is 7.60. The number of benzene rings is 1. The minimum Gasteiger partial charge on any atom is -0.372 e. The van der Waals surface area contributed by atoms with Crippen LogP contribution in [-0.2, 0) is 4.79 Å². The first-order chi connectivity index (χ1) is 12.3. The van der Waals surface area contributed by atoms with Crippen molar-refractivity contribution < 1.29 is 4.79 Å². The van der Waals surface area contributed by atoms with Gasteiger partial charge in [-0.05, 0) is 58.2 Å². The van der Waals surface area contributed by atoms with Crippen LogP contribution < -0.4 is 21.3 Å². The van der Waals surface area contributed by atoms with Gasteiger partial charge < -0.3 is 21.3 Å². The van der Waals surface area contributed by atoms with Crippen molar-refractivity contribution in [2.45, 2.75) is 46.6 Å². The average Bonchev–Trinajstić information content (AvgIpc) is 3.14. The molecule has 0 bridgehead atoms. The molecule has 1 aliphatic heterocycles. The number of hydrogen-bond donors (Lipinski definition) is 3. The summed E-state index contributed by atoms with van der Waals surface area (Å²) >= 11 is 0. The molecular weight excluding hydrogens is 326 g/mol. The number of nitrogens with zero attached hydrogens (tertiary/aromatic N) is 2. The largest absolute Gasteiger partial charge is 0.372 e. The van der Waals surface area contributed by atoms with Gasteiger partial charge in [0.2, 0.25) is 5.91 Å². The van der Waals surface area contributed by atoms with Crippen LogP contribution in [0.15, 0.2) is 29.3 Å². The Labute approximate surface area is 157 Å². The Kier molecular flexibility index (Phi) is 6.89. The van der Waals surface area contributed by atoms with Crippen molar-refractivity contribution in [1.82, 2.24) is 10.6 Å². The molecule has 26 heavy (non-hydrogen) atoms. The molecule has 4 N–H and O–H groups in total. The van der Waals surface area contributed by atoms with Crippen molar-refractivity contribution >= 4 is 17.6 Å². The maximum absolute atomic E-state index is 11.5. The molecule has 1 aromatic carbocycles. The van der Waals surface area contributed by atoms with Crippen LogP contribution in [0.25, 0.3) is 0 Å². The van der Waals surface area contributed by atoms with E-state index in [4.69, 9.17) is 5.73 Å². The first-order valence-electron chi connectivity index (χ1n) is 9.53. The van der Waals surface area contributed by atoms with Gasteiger partial charge in [0.1, 0.15) is 0 Å². The third kappa shape index (κ3) is 5.38. The van der Waals surface area contributed by atoms with E-state index in [-0.39, 0.29) is 11.9 Å². The zero-order valence-electron chi connectivity index (χ0n) is 16.5. The number of amides is 1. The first kappa shape index (κ1) is 20.1. The number of primary amides is 1. The molecule has 0 aromatic heterocycles. The van der Waals surface area contributed by atoms with Crippen molar-refractivity contribution in [3.8, 4) is 0 Å². The van der Waals surface area contributed by atoms with E-state index in [2.05, 4.69) is 51.7 Å². The molecule has 6 heteroatoms. The SMILES string of the molecule is CCNC(=NCC(C)(C)C(N)=O)NC(C)c1cccc(N2CCCC2)c1. The fourth-order valence-electron chi connectivity index (χ4n) is 2.93. The number of aliphatic imine (C=N–C) groups is 1. The summed E-state index contributed by atoms with van der Waals surface area (Å²) in [6.07, 6.45) is 2.54. The van der Waals surface area contributed by atoms with Crippen molar-refractivity contribution in [3.63, 3.8) is 0 Å². The van der Waals surface area contributed by atoms with Crippen LogP contribution in [0, 0.1) is 5.41 Å². The Balaban J connectivity index is 2.08. The van der Waals surface area contributed by atoms with E-state index in [1.54, 1.807) is 0 Å². The number of guanidine groups is 1. The minimum atomic E-state index is -0.665. The smallest absolute Gasteiger partial charge is 0.224 e. The van der Waals surface area contributed by atoms with Gasteiger partial charge in [0.25, 0.3) is 0 Å².